The number of aryl methyl sites for hydroxylation is 1. The van der Waals surface area contributed by atoms with Crippen LogP contribution in [0.5, 0.6) is 0 Å². The van der Waals surface area contributed by atoms with Gasteiger partial charge in [0.05, 0.1) is 16.4 Å². The molecule has 0 amide bonds. The average molecular weight is 308 g/mol. The quantitative estimate of drug-likeness (QED) is 0.739. The SMILES string of the molecule is CCC(C)N(C)CCn1c(C(C)Cl)nc2cc(C)ccc21. The predicted octanol–water partition coefficient (Wildman–Crippen LogP) is 4.37. The van der Waals surface area contributed by atoms with Crippen LogP contribution < -0.4 is 0 Å². The van der Waals surface area contributed by atoms with E-state index in [0.717, 1.165) is 24.4 Å². The van der Waals surface area contributed by atoms with Gasteiger partial charge < -0.3 is 9.47 Å². The zero-order chi connectivity index (χ0) is 15.6. The van der Waals surface area contributed by atoms with Crippen LogP contribution >= 0.6 is 11.6 Å². The van der Waals surface area contributed by atoms with Gasteiger partial charge in [0, 0.05) is 19.1 Å². The van der Waals surface area contributed by atoms with Crippen LogP contribution in [-0.2, 0) is 6.54 Å². The van der Waals surface area contributed by atoms with Gasteiger partial charge >= 0.3 is 0 Å². The zero-order valence-corrected chi connectivity index (χ0v) is 14.5. The summed E-state index contributed by atoms with van der Waals surface area (Å²) in [5, 5.41) is -0.0772. The van der Waals surface area contributed by atoms with Crippen molar-refractivity contribution in [2.45, 2.75) is 52.1 Å². The van der Waals surface area contributed by atoms with Crippen LogP contribution in [0.25, 0.3) is 11.0 Å². The molecular weight excluding hydrogens is 282 g/mol. The van der Waals surface area contributed by atoms with Crippen molar-refractivity contribution >= 4 is 22.6 Å². The summed E-state index contributed by atoms with van der Waals surface area (Å²) in [6.07, 6.45) is 1.17. The Balaban J connectivity index is 2.30. The molecule has 0 saturated carbocycles. The second-order valence-corrected chi connectivity index (χ2v) is 6.62. The fraction of sp³-hybridized carbons (Fsp3) is 0.588. The summed E-state index contributed by atoms with van der Waals surface area (Å²) in [4.78, 5) is 7.12. The molecule has 0 aliphatic carbocycles. The van der Waals surface area contributed by atoms with Gasteiger partial charge in [0.25, 0.3) is 0 Å². The van der Waals surface area contributed by atoms with E-state index in [2.05, 4.69) is 55.5 Å². The van der Waals surface area contributed by atoms with Crippen molar-refractivity contribution in [3.8, 4) is 0 Å². The summed E-state index contributed by atoms with van der Waals surface area (Å²) >= 11 is 6.33. The average Bonchev–Trinajstić information content (AvgIpc) is 2.81. The number of rotatable bonds is 6. The molecule has 116 valence electrons. The molecule has 0 aliphatic rings. The smallest absolute Gasteiger partial charge is 0.127 e. The minimum atomic E-state index is -0.0772. The molecule has 0 N–H and O–H groups in total. The number of hydrogen-bond acceptors (Lipinski definition) is 2. The van der Waals surface area contributed by atoms with E-state index in [1.54, 1.807) is 0 Å². The summed E-state index contributed by atoms with van der Waals surface area (Å²) in [5.74, 6) is 0.967. The Kier molecular flexibility index (Phi) is 5.28. The van der Waals surface area contributed by atoms with E-state index in [1.807, 2.05) is 6.92 Å². The molecule has 2 atom stereocenters. The van der Waals surface area contributed by atoms with Crippen LogP contribution in [0.4, 0.5) is 0 Å². The van der Waals surface area contributed by atoms with Crippen molar-refractivity contribution in [2.24, 2.45) is 0 Å². The lowest BCUT2D eigenvalue weighted by Gasteiger charge is -2.24. The lowest BCUT2D eigenvalue weighted by Crippen LogP contribution is -2.31. The third kappa shape index (κ3) is 3.58. The highest BCUT2D eigenvalue weighted by molar-refractivity contribution is 6.20. The monoisotopic (exact) mass is 307 g/mol. The van der Waals surface area contributed by atoms with Crippen LogP contribution in [0, 0.1) is 6.92 Å². The molecule has 0 saturated heterocycles. The third-order valence-corrected chi connectivity index (χ3v) is 4.50. The van der Waals surface area contributed by atoms with Crippen molar-refractivity contribution in [1.29, 1.82) is 0 Å². The molecule has 0 spiro atoms. The molecule has 2 rings (SSSR count). The Hall–Kier alpha value is -1.06. The molecule has 21 heavy (non-hydrogen) atoms. The molecular formula is C17H26ClN3. The Morgan fingerprint density at radius 3 is 2.67 bits per heavy atom. The highest BCUT2D eigenvalue weighted by atomic mass is 35.5. The van der Waals surface area contributed by atoms with Crippen LogP contribution in [0.2, 0.25) is 0 Å². The van der Waals surface area contributed by atoms with Crippen molar-refractivity contribution in [3.05, 3.63) is 29.6 Å². The Bertz CT molecular complexity index is 603. The predicted molar refractivity (Wildman–Crippen MR) is 91.1 cm³/mol. The van der Waals surface area contributed by atoms with Crippen LogP contribution in [0.3, 0.4) is 0 Å². The molecule has 2 aromatic rings. The minimum absolute atomic E-state index is 0.0772. The number of fused-ring (bicyclic) bond motifs is 1. The summed E-state index contributed by atoms with van der Waals surface area (Å²) < 4.78 is 2.27. The van der Waals surface area contributed by atoms with Crippen molar-refractivity contribution in [3.63, 3.8) is 0 Å². The Morgan fingerprint density at radius 2 is 2.05 bits per heavy atom. The minimum Gasteiger partial charge on any atom is -0.325 e. The van der Waals surface area contributed by atoms with Gasteiger partial charge in [-0.3, -0.25) is 0 Å². The summed E-state index contributed by atoms with van der Waals surface area (Å²) in [6, 6.07) is 7.03. The topological polar surface area (TPSA) is 21.1 Å². The van der Waals surface area contributed by atoms with Gasteiger partial charge in [-0.1, -0.05) is 13.0 Å². The summed E-state index contributed by atoms with van der Waals surface area (Å²) in [5.41, 5.74) is 3.46. The van der Waals surface area contributed by atoms with Crippen LogP contribution in [0.1, 0.15) is 44.0 Å². The summed E-state index contributed by atoms with van der Waals surface area (Å²) in [7, 11) is 2.18. The number of halogens is 1. The fourth-order valence-corrected chi connectivity index (χ4v) is 2.75. The molecule has 3 nitrogen and oxygen atoms in total. The molecule has 0 bridgehead atoms. The number of nitrogens with zero attached hydrogens (tertiary/aromatic N) is 3. The van der Waals surface area contributed by atoms with Crippen molar-refractivity contribution < 1.29 is 0 Å². The van der Waals surface area contributed by atoms with E-state index < -0.39 is 0 Å². The number of alkyl halides is 1. The molecule has 0 radical (unpaired) electrons. The first-order valence-corrected chi connectivity index (χ1v) is 8.18. The van der Waals surface area contributed by atoms with Crippen molar-refractivity contribution in [2.75, 3.05) is 13.6 Å². The van der Waals surface area contributed by atoms with E-state index in [9.17, 15) is 0 Å². The second-order valence-electron chi connectivity index (χ2n) is 5.97. The Morgan fingerprint density at radius 1 is 1.33 bits per heavy atom. The number of hydrogen-bond donors (Lipinski definition) is 0. The Labute approximate surface area is 132 Å². The first-order chi connectivity index (χ1) is 9.93. The van der Waals surface area contributed by atoms with Crippen LogP contribution in [-0.4, -0.2) is 34.1 Å². The first-order valence-electron chi connectivity index (χ1n) is 7.75. The van der Waals surface area contributed by atoms with Gasteiger partial charge in [-0.15, -0.1) is 11.6 Å². The maximum atomic E-state index is 6.33. The number of imidazole rings is 1. The maximum Gasteiger partial charge on any atom is 0.127 e. The van der Waals surface area contributed by atoms with E-state index >= 15 is 0 Å². The maximum absolute atomic E-state index is 6.33. The van der Waals surface area contributed by atoms with Crippen LogP contribution in [0.15, 0.2) is 18.2 Å². The van der Waals surface area contributed by atoms with E-state index in [4.69, 9.17) is 16.6 Å². The molecule has 1 aromatic heterocycles. The number of likely N-dealkylation sites (N-methyl/N-ethyl adjacent to an activating group) is 1. The van der Waals surface area contributed by atoms with Gasteiger partial charge in [-0.2, -0.15) is 0 Å². The van der Waals surface area contributed by atoms with E-state index in [-0.39, 0.29) is 5.38 Å². The number of benzene rings is 1. The summed E-state index contributed by atoms with van der Waals surface area (Å²) in [6.45, 7) is 10.5. The lowest BCUT2D eigenvalue weighted by molar-refractivity contribution is 0.242. The lowest BCUT2D eigenvalue weighted by atomic mass is 10.2. The van der Waals surface area contributed by atoms with Gasteiger partial charge in [0.15, 0.2) is 0 Å². The first kappa shape index (κ1) is 16.3. The normalized spacial score (nSPS) is 14.8. The number of aromatic nitrogens is 2. The standard InChI is InChI=1S/C17H26ClN3/c1-6-13(3)20(5)9-10-21-16-8-7-12(2)11-15(16)19-17(21)14(4)18/h7-8,11,13-14H,6,9-10H2,1-5H3. The van der Waals surface area contributed by atoms with Crippen molar-refractivity contribution in [1.82, 2.24) is 14.5 Å². The van der Waals surface area contributed by atoms with Gasteiger partial charge in [0.2, 0.25) is 0 Å². The van der Waals surface area contributed by atoms with E-state index in [1.165, 1.54) is 17.5 Å². The fourth-order valence-electron chi connectivity index (χ4n) is 2.59. The van der Waals surface area contributed by atoms with E-state index in [0.29, 0.717) is 6.04 Å². The molecule has 0 aliphatic heterocycles. The molecule has 1 heterocycles. The largest absolute Gasteiger partial charge is 0.325 e. The van der Waals surface area contributed by atoms with Gasteiger partial charge in [-0.05, 0) is 51.9 Å². The molecule has 0 fully saturated rings. The molecule has 4 heteroatoms. The third-order valence-electron chi connectivity index (χ3n) is 4.31. The second kappa shape index (κ2) is 6.80. The highest BCUT2D eigenvalue weighted by Crippen LogP contribution is 2.25. The molecule has 2 unspecified atom stereocenters. The van der Waals surface area contributed by atoms with Gasteiger partial charge in [0.1, 0.15) is 5.82 Å². The molecule has 1 aromatic carbocycles. The van der Waals surface area contributed by atoms with Gasteiger partial charge in [-0.25, -0.2) is 4.98 Å². The highest BCUT2D eigenvalue weighted by Gasteiger charge is 2.16. The zero-order valence-electron chi connectivity index (χ0n) is 13.7.